The fraction of sp³-hybridized carbons (Fsp3) is 0.714. The van der Waals surface area contributed by atoms with Crippen LogP contribution >= 0.6 is 11.3 Å². The lowest BCUT2D eigenvalue weighted by molar-refractivity contribution is -0.134. The van der Waals surface area contributed by atoms with E-state index in [1.165, 1.54) is 0 Å². The van der Waals surface area contributed by atoms with Gasteiger partial charge in [0.1, 0.15) is 4.88 Å². The molecule has 2 nitrogen and oxygen atoms in total. The van der Waals surface area contributed by atoms with Crippen LogP contribution in [0.25, 0.3) is 0 Å². The second-order valence-corrected chi connectivity index (χ2v) is 7.09. The van der Waals surface area contributed by atoms with Gasteiger partial charge in [-0.2, -0.15) is 13.2 Å². The van der Waals surface area contributed by atoms with Crippen molar-refractivity contribution in [3.8, 4) is 0 Å². The largest absolute Gasteiger partial charge is 0.425 e. The van der Waals surface area contributed by atoms with Gasteiger partial charge in [0.2, 0.25) is 0 Å². The predicted molar refractivity (Wildman–Crippen MR) is 71.9 cm³/mol. The minimum absolute atomic E-state index is 0.173. The van der Waals surface area contributed by atoms with Crippen molar-refractivity contribution < 1.29 is 18.3 Å². The second-order valence-electron chi connectivity index (χ2n) is 6.04. The summed E-state index contributed by atoms with van der Waals surface area (Å²) in [7, 11) is 0. The number of rotatable bonds is 0. The topological polar surface area (TPSA) is 32.3 Å². The van der Waals surface area contributed by atoms with E-state index in [4.69, 9.17) is 0 Å². The van der Waals surface area contributed by atoms with Crippen molar-refractivity contribution in [1.29, 1.82) is 0 Å². The van der Waals surface area contributed by atoms with Gasteiger partial charge in [-0.15, -0.1) is 11.3 Å². The lowest BCUT2D eigenvalue weighted by Gasteiger charge is -2.44. The van der Waals surface area contributed by atoms with Gasteiger partial charge in [0, 0.05) is 16.3 Å². The number of fused-ring (bicyclic) bond motifs is 2. The first-order valence-electron chi connectivity index (χ1n) is 6.95. The molecule has 1 aliphatic carbocycles. The summed E-state index contributed by atoms with van der Waals surface area (Å²) < 4.78 is 38.9. The van der Waals surface area contributed by atoms with Crippen molar-refractivity contribution in [2.24, 2.45) is 0 Å². The van der Waals surface area contributed by atoms with Crippen molar-refractivity contribution in [3.05, 3.63) is 21.4 Å². The van der Waals surface area contributed by atoms with Crippen molar-refractivity contribution in [1.82, 2.24) is 5.32 Å². The molecule has 1 aliphatic heterocycles. The summed E-state index contributed by atoms with van der Waals surface area (Å²) >= 11 is 0.841. The molecule has 0 saturated carbocycles. The summed E-state index contributed by atoms with van der Waals surface area (Å²) in [6, 6.07) is 1.47. The van der Waals surface area contributed by atoms with Crippen molar-refractivity contribution in [2.45, 2.75) is 56.3 Å². The normalized spacial score (nSPS) is 34.2. The lowest BCUT2D eigenvalue weighted by Crippen LogP contribution is -2.46. The van der Waals surface area contributed by atoms with Gasteiger partial charge in [0.15, 0.2) is 0 Å². The molecule has 2 N–H and O–H groups in total. The SMILES string of the molecule is C[C@H]1CC2(CCN1)CCC(O)c1cc(C(F)(F)F)sc12. The van der Waals surface area contributed by atoms with Gasteiger partial charge in [0.25, 0.3) is 0 Å². The smallest absolute Gasteiger partial charge is 0.388 e. The molecule has 1 aromatic heterocycles. The first kappa shape index (κ1) is 14.4. The molecule has 112 valence electrons. The van der Waals surface area contributed by atoms with E-state index < -0.39 is 17.2 Å². The van der Waals surface area contributed by atoms with E-state index >= 15 is 0 Å². The Labute approximate surface area is 120 Å². The third-order valence-corrected chi connectivity index (χ3v) is 6.01. The first-order chi connectivity index (χ1) is 9.32. The van der Waals surface area contributed by atoms with E-state index in [1.54, 1.807) is 0 Å². The van der Waals surface area contributed by atoms with Crippen LogP contribution in [0.1, 0.15) is 54.0 Å². The van der Waals surface area contributed by atoms with Crippen LogP contribution < -0.4 is 5.32 Å². The number of nitrogens with one attached hydrogen (secondary N) is 1. The number of aliphatic hydroxyl groups is 1. The van der Waals surface area contributed by atoms with Crippen LogP contribution in [0.15, 0.2) is 6.07 Å². The number of piperidine rings is 1. The molecule has 0 bridgehead atoms. The predicted octanol–water partition coefficient (Wildman–Crippen LogP) is 3.60. The highest BCUT2D eigenvalue weighted by molar-refractivity contribution is 7.12. The van der Waals surface area contributed by atoms with Crippen LogP contribution in [0.4, 0.5) is 13.2 Å². The van der Waals surface area contributed by atoms with Crippen LogP contribution in [0.3, 0.4) is 0 Å². The molecule has 0 amide bonds. The number of hydrogen-bond donors (Lipinski definition) is 2. The molecule has 6 heteroatoms. The standard InChI is InChI=1S/C14H18F3NOS/c1-8-7-13(4-5-18-8)3-2-10(19)9-6-11(14(15,16)17)20-12(9)13/h6,8,10,18-19H,2-5,7H2,1H3/t8-,10?,13?/m0/s1. The highest BCUT2D eigenvalue weighted by Crippen LogP contribution is 2.53. The summed E-state index contributed by atoms with van der Waals surface area (Å²) in [5.74, 6) is 0. The maximum absolute atomic E-state index is 13.0. The second kappa shape index (κ2) is 4.71. The highest BCUT2D eigenvalue weighted by atomic mass is 32.1. The van der Waals surface area contributed by atoms with Crippen LogP contribution in [0.2, 0.25) is 0 Å². The molecule has 3 rings (SSSR count). The summed E-state index contributed by atoms with van der Waals surface area (Å²) in [6.07, 6.45) is -2.01. The van der Waals surface area contributed by atoms with E-state index in [0.29, 0.717) is 18.0 Å². The molecule has 0 aromatic carbocycles. The number of halogens is 3. The molecular weight excluding hydrogens is 287 g/mol. The molecule has 2 aliphatic rings. The molecule has 2 heterocycles. The fourth-order valence-corrected chi connectivity index (χ4v) is 4.98. The van der Waals surface area contributed by atoms with Crippen molar-refractivity contribution in [2.75, 3.05) is 6.54 Å². The van der Waals surface area contributed by atoms with Gasteiger partial charge < -0.3 is 10.4 Å². The van der Waals surface area contributed by atoms with Gasteiger partial charge in [-0.1, -0.05) is 0 Å². The van der Waals surface area contributed by atoms with Crippen molar-refractivity contribution >= 4 is 11.3 Å². The number of hydrogen-bond acceptors (Lipinski definition) is 3. The van der Waals surface area contributed by atoms with Crippen LogP contribution in [0.5, 0.6) is 0 Å². The zero-order valence-electron chi connectivity index (χ0n) is 11.3. The summed E-state index contributed by atoms with van der Waals surface area (Å²) in [5.41, 5.74) is 0.343. The zero-order valence-corrected chi connectivity index (χ0v) is 12.1. The van der Waals surface area contributed by atoms with E-state index in [-0.39, 0.29) is 5.41 Å². The Morgan fingerprint density at radius 1 is 1.40 bits per heavy atom. The number of thiophene rings is 1. The molecule has 1 spiro atoms. The highest BCUT2D eigenvalue weighted by Gasteiger charge is 2.46. The Morgan fingerprint density at radius 3 is 2.80 bits per heavy atom. The summed E-state index contributed by atoms with van der Waals surface area (Å²) in [5, 5.41) is 13.4. The monoisotopic (exact) mass is 305 g/mol. The van der Waals surface area contributed by atoms with Gasteiger partial charge in [-0.25, -0.2) is 0 Å². The van der Waals surface area contributed by atoms with Crippen LogP contribution in [-0.2, 0) is 11.6 Å². The lowest BCUT2D eigenvalue weighted by atomic mass is 9.67. The van der Waals surface area contributed by atoms with E-state index in [2.05, 4.69) is 12.2 Å². The van der Waals surface area contributed by atoms with Crippen LogP contribution in [-0.4, -0.2) is 17.7 Å². The molecule has 1 fully saturated rings. The molecule has 3 atom stereocenters. The Bertz CT molecular complexity index is 513. The quantitative estimate of drug-likeness (QED) is 0.767. The van der Waals surface area contributed by atoms with Gasteiger partial charge in [0.05, 0.1) is 6.10 Å². The zero-order chi connectivity index (χ0) is 14.5. The molecule has 1 aromatic rings. The summed E-state index contributed by atoms with van der Waals surface area (Å²) in [6.45, 7) is 2.90. The minimum Gasteiger partial charge on any atom is -0.388 e. The van der Waals surface area contributed by atoms with Crippen molar-refractivity contribution in [3.63, 3.8) is 0 Å². The molecule has 0 radical (unpaired) electrons. The maximum atomic E-state index is 13.0. The van der Waals surface area contributed by atoms with Gasteiger partial charge in [-0.3, -0.25) is 0 Å². The average molecular weight is 305 g/mol. The molecule has 1 saturated heterocycles. The molecule has 20 heavy (non-hydrogen) atoms. The fourth-order valence-electron chi connectivity index (χ4n) is 3.64. The van der Waals surface area contributed by atoms with E-state index in [9.17, 15) is 18.3 Å². The van der Waals surface area contributed by atoms with E-state index in [1.807, 2.05) is 0 Å². The molecular formula is C14H18F3NOS. The van der Waals surface area contributed by atoms with Crippen LogP contribution in [0, 0.1) is 0 Å². The third kappa shape index (κ3) is 2.27. The average Bonchev–Trinajstić information content (AvgIpc) is 2.81. The first-order valence-corrected chi connectivity index (χ1v) is 7.76. The van der Waals surface area contributed by atoms with Gasteiger partial charge in [-0.05, 0) is 50.8 Å². The summed E-state index contributed by atoms with van der Waals surface area (Å²) in [4.78, 5) is 0.200. The Morgan fingerprint density at radius 2 is 2.15 bits per heavy atom. The minimum atomic E-state index is -4.32. The van der Waals surface area contributed by atoms with Gasteiger partial charge >= 0.3 is 6.18 Å². The number of aliphatic hydroxyl groups excluding tert-OH is 1. The third-order valence-electron chi connectivity index (χ3n) is 4.57. The van der Waals surface area contributed by atoms with E-state index in [0.717, 1.165) is 48.1 Å². The Kier molecular flexibility index (Phi) is 3.38. The Balaban J connectivity index is 2.06. The number of alkyl halides is 3. The molecule has 2 unspecified atom stereocenters. The maximum Gasteiger partial charge on any atom is 0.425 e. The Hall–Kier alpha value is -0.590.